The molecule has 7 N–H and O–H groups in total. The zero-order valence-corrected chi connectivity index (χ0v) is 17.5. The Morgan fingerprint density at radius 3 is 2.20 bits per heavy atom. The summed E-state index contributed by atoms with van der Waals surface area (Å²) in [7, 11) is 2.74. The van der Waals surface area contributed by atoms with Gasteiger partial charge in [0, 0.05) is 12.2 Å². The predicted molar refractivity (Wildman–Crippen MR) is 106 cm³/mol. The molecule has 2 amide bonds. The van der Waals surface area contributed by atoms with Gasteiger partial charge < -0.3 is 36.4 Å². The number of aliphatic carboxylic acids is 3. The van der Waals surface area contributed by atoms with E-state index < -0.39 is 66.0 Å². The Bertz CT molecular complexity index is 661. The molecule has 0 rings (SSSR count). The first-order chi connectivity index (χ1) is 14.0. The van der Waals surface area contributed by atoms with Crippen molar-refractivity contribution >= 4 is 57.3 Å². The Morgan fingerprint density at radius 2 is 1.70 bits per heavy atom. The number of rotatable bonds is 15. The standard InChI is InChI=1S/C15H23N3O10S2/c1-28-12(22)4-9(15(26)27)30-29-6-8(13(23)17-5-11(20)21)18-10(19)3-2-7(16)14(24)25/h7-9H,2-6,16H2,1H3,(H,17,23)(H,18,19)(H,20,21)(H,24,25)(H,26,27). The van der Waals surface area contributed by atoms with E-state index in [9.17, 15) is 28.8 Å². The fourth-order valence-electron chi connectivity index (χ4n) is 1.73. The molecular weight excluding hydrogens is 446 g/mol. The lowest BCUT2D eigenvalue weighted by molar-refractivity contribution is -0.145. The maximum atomic E-state index is 12.1. The number of carboxylic acids is 3. The van der Waals surface area contributed by atoms with Crippen molar-refractivity contribution in [1.29, 1.82) is 0 Å². The molecule has 0 bridgehead atoms. The van der Waals surface area contributed by atoms with E-state index >= 15 is 0 Å². The van der Waals surface area contributed by atoms with Crippen molar-refractivity contribution in [1.82, 2.24) is 10.6 Å². The molecule has 15 heteroatoms. The highest BCUT2D eigenvalue weighted by Gasteiger charge is 2.26. The molecule has 0 spiro atoms. The Kier molecular flexibility index (Phi) is 13.2. The molecule has 0 radical (unpaired) electrons. The fourth-order valence-corrected chi connectivity index (χ4v) is 4.22. The summed E-state index contributed by atoms with van der Waals surface area (Å²) in [6.45, 7) is -0.701. The lowest BCUT2D eigenvalue weighted by Gasteiger charge is -2.18. The molecule has 0 aliphatic rings. The third kappa shape index (κ3) is 12.1. The van der Waals surface area contributed by atoms with Gasteiger partial charge in [-0.3, -0.25) is 28.8 Å². The minimum absolute atomic E-state index is 0.155. The molecular formula is C15H23N3O10S2. The second-order valence-electron chi connectivity index (χ2n) is 5.70. The van der Waals surface area contributed by atoms with Crippen molar-refractivity contribution in [2.45, 2.75) is 36.6 Å². The number of hydrogen-bond donors (Lipinski definition) is 6. The van der Waals surface area contributed by atoms with Crippen molar-refractivity contribution < 1.29 is 48.8 Å². The van der Waals surface area contributed by atoms with Gasteiger partial charge in [-0.15, -0.1) is 0 Å². The van der Waals surface area contributed by atoms with Crippen molar-refractivity contribution in [3.05, 3.63) is 0 Å². The second kappa shape index (κ2) is 14.5. The van der Waals surface area contributed by atoms with E-state index in [1.807, 2.05) is 0 Å². The van der Waals surface area contributed by atoms with Crippen molar-refractivity contribution in [3.63, 3.8) is 0 Å². The largest absolute Gasteiger partial charge is 0.480 e. The summed E-state index contributed by atoms with van der Waals surface area (Å²) < 4.78 is 4.41. The van der Waals surface area contributed by atoms with Gasteiger partial charge in [-0.1, -0.05) is 21.6 Å². The van der Waals surface area contributed by atoms with E-state index in [4.69, 9.17) is 21.1 Å². The molecule has 0 aromatic rings. The molecule has 0 heterocycles. The number of amides is 2. The predicted octanol–water partition coefficient (Wildman–Crippen LogP) is -1.74. The molecule has 30 heavy (non-hydrogen) atoms. The highest BCUT2D eigenvalue weighted by Crippen LogP contribution is 2.30. The Morgan fingerprint density at radius 1 is 1.07 bits per heavy atom. The number of hydrogen-bond acceptors (Lipinski definition) is 10. The van der Waals surface area contributed by atoms with Crippen LogP contribution in [-0.2, 0) is 33.5 Å². The van der Waals surface area contributed by atoms with Gasteiger partial charge in [-0.2, -0.15) is 0 Å². The first kappa shape index (κ1) is 27.5. The van der Waals surface area contributed by atoms with Crippen LogP contribution in [0.15, 0.2) is 0 Å². The van der Waals surface area contributed by atoms with Crippen LogP contribution in [0.2, 0.25) is 0 Å². The number of carboxylic acid groups (broad SMARTS) is 3. The van der Waals surface area contributed by atoms with Crippen LogP contribution in [0.1, 0.15) is 19.3 Å². The monoisotopic (exact) mass is 469 g/mol. The smallest absolute Gasteiger partial charge is 0.322 e. The molecule has 0 aromatic heterocycles. The summed E-state index contributed by atoms with van der Waals surface area (Å²) in [5, 5.41) is 29.7. The Hall–Kier alpha value is -2.52. The van der Waals surface area contributed by atoms with Gasteiger partial charge in [0.1, 0.15) is 23.9 Å². The van der Waals surface area contributed by atoms with Gasteiger partial charge >= 0.3 is 23.9 Å². The lowest BCUT2D eigenvalue weighted by atomic mass is 10.1. The summed E-state index contributed by atoms with van der Waals surface area (Å²) in [5.41, 5.74) is 5.30. The van der Waals surface area contributed by atoms with Crippen molar-refractivity contribution in [2.75, 3.05) is 19.4 Å². The average Bonchev–Trinajstić information content (AvgIpc) is 2.67. The van der Waals surface area contributed by atoms with Crippen LogP contribution in [-0.4, -0.2) is 87.8 Å². The summed E-state index contributed by atoms with van der Waals surface area (Å²) in [6, 6.07) is -2.50. The van der Waals surface area contributed by atoms with E-state index in [0.29, 0.717) is 0 Å². The maximum Gasteiger partial charge on any atom is 0.322 e. The zero-order chi connectivity index (χ0) is 23.3. The van der Waals surface area contributed by atoms with Crippen molar-refractivity contribution in [3.8, 4) is 0 Å². The second-order valence-corrected chi connectivity index (χ2v) is 8.32. The molecule has 13 nitrogen and oxygen atoms in total. The number of carbonyl (C=O) groups is 6. The molecule has 0 fully saturated rings. The molecule has 170 valence electrons. The van der Waals surface area contributed by atoms with Crippen molar-refractivity contribution in [2.24, 2.45) is 5.73 Å². The lowest BCUT2D eigenvalue weighted by Crippen LogP contribution is -2.49. The van der Waals surface area contributed by atoms with E-state index in [-0.39, 0.29) is 18.6 Å². The highest BCUT2D eigenvalue weighted by atomic mass is 33.1. The number of methoxy groups -OCH3 is 1. The van der Waals surface area contributed by atoms with Gasteiger partial charge in [0.05, 0.1) is 13.5 Å². The third-order valence-electron chi connectivity index (χ3n) is 3.34. The third-order valence-corrected chi connectivity index (χ3v) is 6.06. The molecule has 3 unspecified atom stereocenters. The highest BCUT2D eigenvalue weighted by molar-refractivity contribution is 8.77. The Balaban J connectivity index is 4.90. The van der Waals surface area contributed by atoms with E-state index in [2.05, 4.69) is 15.4 Å². The van der Waals surface area contributed by atoms with Crippen LogP contribution in [0.25, 0.3) is 0 Å². The average molecular weight is 469 g/mol. The number of nitrogens with one attached hydrogen (secondary N) is 2. The summed E-state index contributed by atoms with van der Waals surface area (Å²) >= 11 is 0. The van der Waals surface area contributed by atoms with Crippen LogP contribution < -0.4 is 16.4 Å². The van der Waals surface area contributed by atoms with Crippen LogP contribution in [0.5, 0.6) is 0 Å². The van der Waals surface area contributed by atoms with Gasteiger partial charge in [-0.25, -0.2) is 0 Å². The van der Waals surface area contributed by atoms with Crippen LogP contribution in [0, 0.1) is 0 Å². The van der Waals surface area contributed by atoms with E-state index in [1.54, 1.807) is 0 Å². The molecule has 3 atom stereocenters. The fraction of sp³-hybridized carbons (Fsp3) is 0.600. The first-order valence-electron chi connectivity index (χ1n) is 8.33. The van der Waals surface area contributed by atoms with Crippen LogP contribution in [0.4, 0.5) is 0 Å². The normalized spacial score (nSPS) is 13.4. The quantitative estimate of drug-likeness (QED) is 0.116. The maximum absolute atomic E-state index is 12.1. The SMILES string of the molecule is COC(=O)CC(SSCC(NC(=O)CCC(N)C(=O)O)C(=O)NCC(=O)O)C(=O)O. The molecule has 0 aliphatic carbocycles. The van der Waals surface area contributed by atoms with Gasteiger partial charge in [0.2, 0.25) is 11.8 Å². The number of nitrogens with two attached hydrogens (primary N) is 1. The van der Waals surface area contributed by atoms with Crippen LogP contribution >= 0.6 is 21.6 Å². The zero-order valence-electron chi connectivity index (χ0n) is 15.9. The molecule has 0 saturated carbocycles. The van der Waals surface area contributed by atoms with Gasteiger partial charge in [0.25, 0.3) is 0 Å². The van der Waals surface area contributed by atoms with Gasteiger partial charge in [0.15, 0.2) is 0 Å². The number of esters is 1. The van der Waals surface area contributed by atoms with Crippen LogP contribution in [0.3, 0.4) is 0 Å². The van der Waals surface area contributed by atoms with E-state index in [1.165, 1.54) is 0 Å². The minimum atomic E-state index is -1.31. The number of ether oxygens (including phenoxy) is 1. The molecule has 0 aliphatic heterocycles. The Labute approximate surface area is 178 Å². The topological polar surface area (TPSA) is 222 Å². The summed E-state index contributed by atoms with van der Waals surface area (Å²) in [6.07, 6.45) is -0.903. The molecule has 0 aromatic carbocycles. The number of carbonyl (C=O) groups excluding carboxylic acids is 3. The molecule has 0 saturated heterocycles. The van der Waals surface area contributed by atoms with E-state index in [0.717, 1.165) is 28.7 Å². The first-order valence-corrected chi connectivity index (χ1v) is 10.7. The minimum Gasteiger partial charge on any atom is -0.480 e. The summed E-state index contributed by atoms with van der Waals surface area (Å²) in [5.74, 6) is -6.32. The van der Waals surface area contributed by atoms with Gasteiger partial charge in [-0.05, 0) is 6.42 Å². The summed E-state index contributed by atoms with van der Waals surface area (Å²) in [4.78, 5) is 67.9.